The molecule has 0 aromatic heterocycles. The molecule has 1 N–H and O–H groups in total. The Morgan fingerprint density at radius 3 is 2.47 bits per heavy atom. The first-order valence-electron chi connectivity index (χ1n) is 4.66. The third-order valence-electron chi connectivity index (χ3n) is 1.97. The van der Waals surface area contributed by atoms with Crippen molar-refractivity contribution in [1.29, 1.82) is 5.26 Å². The van der Waals surface area contributed by atoms with Crippen molar-refractivity contribution in [2.75, 3.05) is 5.32 Å². The lowest BCUT2D eigenvalue weighted by molar-refractivity contribution is -0.393. The van der Waals surface area contributed by atoms with Crippen LogP contribution in [0.15, 0.2) is 16.6 Å². The molecule has 0 aliphatic carbocycles. The summed E-state index contributed by atoms with van der Waals surface area (Å²) in [6.45, 7) is 0. The Morgan fingerprint density at radius 1 is 1.37 bits per heavy atom. The molecule has 0 saturated heterocycles. The van der Waals surface area contributed by atoms with Crippen molar-refractivity contribution in [2.45, 2.75) is 6.42 Å². The van der Waals surface area contributed by atoms with Crippen molar-refractivity contribution in [1.82, 2.24) is 0 Å². The largest absolute Gasteiger partial charge is 0.319 e. The van der Waals surface area contributed by atoms with E-state index in [0.717, 1.165) is 12.1 Å². The Hall–Kier alpha value is -2.54. The minimum Gasteiger partial charge on any atom is -0.319 e. The van der Waals surface area contributed by atoms with Gasteiger partial charge in [0.25, 0.3) is 5.69 Å². The first kappa shape index (κ1) is 14.5. The highest BCUT2D eigenvalue weighted by molar-refractivity contribution is 9.10. The van der Waals surface area contributed by atoms with E-state index in [1.807, 2.05) is 0 Å². The number of nitro groups is 2. The number of benzene rings is 1. The number of carbonyl (C=O) groups is 1. The highest BCUT2D eigenvalue weighted by atomic mass is 79.9. The van der Waals surface area contributed by atoms with Gasteiger partial charge in [-0.2, -0.15) is 5.26 Å². The molecule has 0 aliphatic heterocycles. The van der Waals surface area contributed by atoms with Crippen molar-refractivity contribution in [2.24, 2.45) is 0 Å². The molecule has 98 valence electrons. The molecular formula is C9H5BrN4O5. The van der Waals surface area contributed by atoms with Crippen molar-refractivity contribution < 1.29 is 14.6 Å². The highest BCUT2D eigenvalue weighted by Crippen LogP contribution is 2.36. The van der Waals surface area contributed by atoms with E-state index in [-0.39, 0.29) is 10.2 Å². The molecule has 1 aromatic carbocycles. The van der Waals surface area contributed by atoms with Gasteiger partial charge in [-0.3, -0.25) is 25.0 Å². The SMILES string of the molecule is N#CCC(=O)Nc1c(Br)cc([N+](=O)[O-])cc1[N+](=O)[O-]. The van der Waals surface area contributed by atoms with Gasteiger partial charge in [0.2, 0.25) is 5.91 Å². The van der Waals surface area contributed by atoms with Crippen LogP contribution in [0.4, 0.5) is 17.1 Å². The van der Waals surface area contributed by atoms with Gasteiger partial charge in [-0.1, -0.05) is 0 Å². The summed E-state index contributed by atoms with van der Waals surface area (Å²) >= 11 is 2.91. The van der Waals surface area contributed by atoms with Gasteiger partial charge in [0.15, 0.2) is 0 Å². The number of hydrogen-bond acceptors (Lipinski definition) is 6. The minimum atomic E-state index is -0.861. The number of nitro benzene ring substituents is 2. The second kappa shape index (κ2) is 5.87. The Bertz CT molecular complexity index is 609. The molecule has 1 aromatic rings. The monoisotopic (exact) mass is 328 g/mol. The van der Waals surface area contributed by atoms with E-state index in [0.29, 0.717) is 0 Å². The number of nitrogens with one attached hydrogen (secondary N) is 1. The molecule has 0 unspecified atom stereocenters. The average molecular weight is 329 g/mol. The lowest BCUT2D eigenvalue weighted by Gasteiger charge is -2.06. The normalized spacial score (nSPS) is 9.47. The molecule has 0 heterocycles. The van der Waals surface area contributed by atoms with Gasteiger partial charge in [-0.15, -0.1) is 0 Å². The Morgan fingerprint density at radius 2 is 2.00 bits per heavy atom. The minimum absolute atomic E-state index is 0.0142. The van der Waals surface area contributed by atoms with E-state index in [1.54, 1.807) is 6.07 Å². The molecule has 9 nitrogen and oxygen atoms in total. The smallest absolute Gasteiger partial charge is 0.300 e. The molecule has 0 fully saturated rings. The van der Waals surface area contributed by atoms with Gasteiger partial charge in [0.05, 0.1) is 26.5 Å². The van der Waals surface area contributed by atoms with E-state index in [1.165, 1.54) is 0 Å². The second-order valence-electron chi connectivity index (χ2n) is 3.22. The molecule has 0 bridgehead atoms. The summed E-state index contributed by atoms with van der Waals surface area (Å²) in [7, 11) is 0. The maximum Gasteiger partial charge on any atom is 0.300 e. The molecular weight excluding hydrogens is 324 g/mol. The maximum absolute atomic E-state index is 11.2. The van der Waals surface area contributed by atoms with Gasteiger partial charge in [-0.25, -0.2) is 0 Å². The number of amides is 1. The average Bonchev–Trinajstić information content (AvgIpc) is 2.31. The Kier molecular flexibility index (Phi) is 4.49. The predicted molar refractivity (Wildman–Crippen MR) is 66.3 cm³/mol. The number of hydrogen-bond donors (Lipinski definition) is 1. The lowest BCUT2D eigenvalue weighted by Crippen LogP contribution is -2.12. The zero-order valence-corrected chi connectivity index (χ0v) is 10.7. The van der Waals surface area contributed by atoms with E-state index in [2.05, 4.69) is 21.2 Å². The number of rotatable bonds is 4. The zero-order valence-electron chi connectivity index (χ0n) is 9.12. The van der Waals surface area contributed by atoms with Crippen LogP contribution in [-0.4, -0.2) is 15.8 Å². The Balaban J connectivity index is 3.31. The molecule has 0 spiro atoms. The molecule has 1 rings (SSSR count). The van der Waals surface area contributed by atoms with Crippen LogP contribution >= 0.6 is 15.9 Å². The van der Waals surface area contributed by atoms with Crippen molar-refractivity contribution >= 4 is 38.9 Å². The lowest BCUT2D eigenvalue weighted by atomic mass is 10.2. The molecule has 0 atom stereocenters. The molecule has 1 amide bonds. The summed E-state index contributed by atoms with van der Waals surface area (Å²) < 4.78 is -0.0142. The van der Waals surface area contributed by atoms with Gasteiger partial charge < -0.3 is 5.32 Å². The van der Waals surface area contributed by atoms with Crippen molar-refractivity contribution in [3.63, 3.8) is 0 Å². The van der Waals surface area contributed by atoms with Crippen molar-refractivity contribution in [3.8, 4) is 6.07 Å². The van der Waals surface area contributed by atoms with Crippen LogP contribution in [0.5, 0.6) is 0 Å². The molecule has 0 aliphatic rings. The van der Waals surface area contributed by atoms with Crippen LogP contribution < -0.4 is 5.32 Å². The summed E-state index contributed by atoms with van der Waals surface area (Å²) in [6.07, 6.45) is -0.486. The summed E-state index contributed by atoms with van der Waals surface area (Å²) in [5.74, 6) is -0.750. The first-order chi connectivity index (χ1) is 8.86. The van der Waals surface area contributed by atoms with Crippen LogP contribution in [0.1, 0.15) is 6.42 Å². The quantitative estimate of drug-likeness (QED) is 0.663. The number of nitrogens with zero attached hydrogens (tertiary/aromatic N) is 3. The fraction of sp³-hybridized carbons (Fsp3) is 0.111. The summed E-state index contributed by atoms with van der Waals surface area (Å²) in [6, 6.07) is 3.33. The summed E-state index contributed by atoms with van der Waals surface area (Å²) in [5.41, 5.74) is -1.35. The number of anilines is 1. The van der Waals surface area contributed by atoms with Gasteiger partial charge in [-0.05, 0) is 15.9 Å². The Labute approximate surface area is 114 Å². The van der Waals surface area contributed by atoms with Crippen LogP contribution in [0.3, 0.4) is 0 Å². The van der Waals surface area contributed by atoms with Gasteiger partial charge in [0.1, 0.15) is 12.1 Å². The van der Waals surface area contributed by atoms with Crippen LogP contribution in [0.25, 0.3) is 0 Å². The summed E-state index contributed by atoms with van der Waals surface area (Å²) in [5, 5.41) is 31.9. The van der Waals surface area contributed by atoms with Crippen molar-refractivity contribution in [3.05, 3.63) is 36.8 Å². The predicted octanol–water partition coefficient (Wildman–Crippen LogP) is 2.12. The molecule has 19 heavy (non-hydrogen) atoms. The van der Waals surface area contributed by atoms with Crippen LogP contribution in [0.2, 0.25) is 0 Å². The van der Waals surface area contributed by atoms with Crippen LogP contribution in [0, 0.1) is 31.6 Å². The summed E-state index contributed by atoms with van der Waals surface area (Å²) in [4.78, 5) is 31.0. The molecule has 0 saturated carbocycles. The van der Waals surface area contributed by atoms with E-state index < -0.39 is 33.5 Å². The van der Waals surface area contributed by atoms with E-state index in [4.69, 9.17) is 5.26 Å². The fourth-order valence-electron chi connectivity index (χ4n) is 1.21. The second-order valence-corrected chi connectivity index (χ2v) is 4.07. The zero-order chi connectivity index (χ0) is 14.6. The topological polar surface area (TPSA) is 139 Å². The van der Waals surface area contributed by atoms with Crippen LogP contribution in [-0.2, 0) is 4.79 Å². The highest BCUT2D eigenvalue weighted by Gasteiger charge is 2.24. The molecule has 0 radical (unpaired) electrons. The number of non-ortho nitro benzene ring substituents is 1. The number of nitriles is 1. The first-order valence-corrected chi connectivity index (χ1v) is 5.45. The maximum atomic E-state index is 11.2. The van der Waals surface area contributed by atoms with E-state index in [9.17, 15) is 25.0 Å². The fourth-order valence-corrected chi connectivity index (χ4v) is 1.74. The third kappa shape index (κ3) is 3.46. The number of halogens is 1. The standard InChI is InChI=1S/C9H5BrN4O5/c10-6-3-5(13(16)17)4-7(14(18)19)9(6)12-8(15)1-2-11/h3-4H,1H2,(H,12,15). The number of carbonyl (C=O) groups excluding carboxylic acids is 1. The van der Waals surface area contributed by atoms with Gasteiger partial charge in [0, 0.05) is 6.07 Å². The third-order valence-corrected chi connectivity index (χ3v) is 2.59. The van der Waals surface area contributed by atoms with E-state index >= 15 is 0 Å². The van der Waals surface area contributed by atoms with Gasteiger partial charge >= 0.3 is 5.69 Å². The molecule has 10 heteroatoms.